The number of amides is 1. The fraction of sp³-hybridized carbons (Fsp3) is 0.471. The first-order valence-electron chi connectivity index (χ1n) is 7.44. The number of halogens is 2. The molecule has 3 rings (SSSR count). The van der Waals surface area contributed by atoms with Gasteiger partial charge in [-0.15, -0.1) is 0 Å². The molecule has 0 heterocycles. The minimum atomic E-state index is -1.50. The van der Waals surface area contributed by atoms with Crippen LogP contribution in [0.3, 0.4) is 0 Å². The molecule has 1 amide bonds. The quantitative estimate of drug-likeness (QED) is 0.673. The smallest absolute Gasteiger partial charge is 0.239 e. The Morgan fingerprint density at radius 3 is 2.26 bits per heavy atom. The van der Waals surface area contributed by atoms with Gasteiger partial charge < -0.3 is 5.32 Å². The Labute approximate surface area is 132 Å². The fourth-order valence-corrected chi connectivity index (χ4v) is 4.09. The van der Waals surface area contributed by atoms with Crippen molar-refractivity contribution in [1.82, 2.24) is 0 Å². The van der Waals surface area contributed by atoms with E-state index in [9.17, 15) is 23.2 Å². The molecule has 2 unspecified atom stereocenters. The molecule has 4 nitrogen and oxygen atoms in total. The molecule has 2 fully saturated rings. The van der Waals surface area contributed by atoms with Gasteiger partial charge in [0.1, 0.15) is 17.0 Å². The highest BCUT2D eigenvalue weighted by molar-refractivity contribution is 6.49. The molecule has 6 heteroatoms. The molecule has 23 heavy (non-hydrogen) atoms. The Hall–Kier alpha value is -2.11. The number of rotatable bonds is 2. The molecule has 0 spiro atoms. The van der Waals surface area contributed by atoms with Crippen LogP contribution in [0.5, 0.6) is 0 Å². The summed E-state index contributed by atoms with van der Waals surface area (Å²) in [5, 5.41) is 2.37. The minimum Gasteiger partial charge on any atom is -0.323 e. The van der Waals surface area contributed by atoms with Gasteiger partial charge in [0.05, 0.1) is 5.69 Å². The topological polar surface area (TPSA) is 63.2 Å². The van der Waals surface area contributed by atoms with Crippen molar-refractivity contribution in [2.45, 2.75) is 33.6 Å². The molecule has 0 radical (unpaired) electrons. The van der Waals surface area contributed by atoms with Crippen LogP contribution < -0.4 is 5.32 Å². The van der Waals surface area contributed by atoms with Crippen molar-refractivity contribution in [3.63, 3.8) is 0 Å². The van der Waals surface area contributed by atoms with E-state index in [2.05, 4.69) is 5.32 Å². The molecule has 1 aromatic carbocycles. The van der Waals surface area contributed by atoms with Crippen LogP contribution in [-0.2, 0) is 14.4 Å². The SMILES string of the molecule is CC12CCC(C(=O)Nc3ccc(F)cc3F)(C(=O)C1=O)C2(C)C. The van der Waals surface area contributed by atoms with E-state index in [-0.39, 0.29) is 12.1 Å². The van der Waals surface area contributed by atoms with E-state index in [0.29, 0.717) is 12.5 Å². The third kappa shape index (κ3) is 1.66. The maximum atomic E-state index is 13.8. The van der Waals surface area contributed by atoms with Crippen LogP contribution in [-0.4, -0.2) is 17.5 Å². The first-order chi connectivity index (χ1) is 10.6. The summed E-state index contributed by atoms with van der Waals surface area (Å²) in [6.07, 6.45) is 0.680. The Bertz CT molecular complexity index is 758. The molecule has 122 valence electrons. The van der Waals surface area contributed by atoms with Gasteiger partial charge in [0.15, 0.2) is 0 Å². The highest BCUT2D eigenvalue weighted by atomic mass is 19.1. The van der Waals surface area contributed by atoms with Crippen molar-refractivity contribution >= 4 is 23.2 Å². The second kappa shape index (κ2) is 4.46. The van der Waals surface area contributed by atoms with Crippen LogP contribution >= 0.6 is 0 Å². The van der Waals surface area contributed by atoms with Crippen LogP contribution in [0.2, 0.25) is 0 Å². The zero-order valence-corrected chi connectivity index (χ0v) is 13.1. The van der Waals surface area contributed by atoms with Gasteiger partial charge in [-0.3, -0.25) is 14.4 Å². The van der Waals surface area contributed by atoms with E-state index >= 15 is 0 Å². The number of nitrogens with one attached hydrogen (secondary N) is 1. The van der Waals surface area contributed by atoms with E-state index < -0.39 is 45.4 Å². The molecule has 2 saturated carbocycles. The fourth-order valence-electron chi connectivity index (χ4n) is 4.09. The molecule has 2 aliphatic rings. The maximum Gasteiger partial charge on any atom is 0.239 e. The second-order valence-corrected chi connectivity index (χ2v) is 7.10. The number of anilines is 1. The third-order valence-corrected chi connectivity index (χ3v) is 6.11. The molecular formula is C17H17F2NO3. The maximum absolute atomic E-state index is 13.8. The average Bonchev–Trinajstić information content (AvgIpc) is 2.74. The van der Waals surface area contributed by atoms with Crippen LogP contribution in [0.15, 0.2) is 18.2 Å². The molecule has 0 aromatic heterocycles. The molecular weight excluding hydrogens is 304 g/mol. The van der Waals surface area contributed by atoms with Crippen LogP contribution in [0, 0.1) is 27.9 Å². The van der Waals surface area contributed by atoms with Gasteiger partial charge in [-0.05, 0) is 30.4 Å². The van der Waals surface area contributed by atoms with Gasteiger partial charge in [0.25, 0.3) is 0 Å². The number of benzene rings is 1. The van der Waals surface area contributed by atoms with E-state index in [0.717, 1.165) is 12.1 Å². The number of ketones is 2. The summed E-state index contributed by atoms with van der Waals surface area (Å²) in [7, 11) is 0. The summed E-state index contributed by atoms with van der Waals surface area (Å²) in [6, 6.07) is 2.77. The minimum absolute atomic E-state index is 0.206. The van der Waals surface area contributed by atoms with Crippen LogP contribution in [0.1, 0.15) is 33.6 Å². The number of fused-ring (bicyclic) bond motifs is 2. The zero-order valence-electron chi connectivity index (χ0n) is 13.1. The molecule has 2 bridgehead atoms. The first-order valence-corrected chi connectivity index (χ1v) is 7.44. The van der Waals surface area contributed by atoms with Gasteiger partial charge in [0, 0.05) is 11.5 Å². The highest BCUT2D eigenvalue weighted by Gasteiger charge is 2.77. The van der Waals surface area contributed by atoms with Gasteiger partial charge >= 0.3 is 0 Å². The summed E-state index contributed by atoms with van der Waals surface area (Å²) in [6.45, 7) is 5.15. The monoisotopic (exact) mass is 321 g/mol. The Kier molecular flexibility index (Phi) is 3.06. The predicted molar refractivity (Wildman–Crippen MR) is 78.6 cm³/mol. The second-order valence-electron chi connectivity index (χ2n) is 7.10. The predicted octanol–water partition coefficient (Wildman–Crippen LogP) is 2.87. The summed E-state index contributed by atoms with van der Waals surface area (Å²) in [4.78, 5) is 37.6. The number of hydrogen-bond acceptors (Lipinski definition) is 3. The lowest BCUT2D eigenvalue weighted by Gasteiger charge is -2.37. The third-order valence-electron chi connectivity index (χ3n) is 6.11. The van der Waals surface area contributed by atoms with Crippen molar-refractivity contribution in [2.24, 2.45) is 16.2 Å². The summed E-state index contributed by atoms with van der Waals surface area (Å²) >= 11 is 0. The standard InChI is InChI=1S/C17H17F2NO3/c1-15(2)16(3)6-7-17(15,13(22)12(16)21)14(23)20-11-5-4-9(18)8-10(11)19/h4-5,8H,6-7H2,1-3H3,(H,20,23). The molecule has 2 aliphatic carbocycles. The summed E-state index contributed by atoms with van der Waals surface area (Å²) in [5.74, 6) is -3.64. The molecule has 1 aromatic rings. The largest absolute Gasteiger partial charge is 0.323 e. The number of Topliss-reactive ketones (excluding diaryl/α,β-unsaturated/α-hetero) is 2. The van der Waals surface area contributed by atoms with E-state index in [4.69, 9.17) is 0 Å². The van der Waals surface area contributed by atoms with Gasteiger partial charge in [-0.2, -0.15) is 0 Å². The van der Waals surface area contributed by atoms with Crippen molar-refractivity contribution in [3.8, 4) is 0 Å². The van der Waals surface area contributed by atoms with Crippen molar-refractivity contribution in [2.75, 3.05) is 5.32 Å². The normalized spacial score (nSPS) is 31.5. The molecule has 1 N–H and O–H groups in total. The molecule has 0 aliphatic heterocycles. The lowest BCUT2D eigenvalue weighted by Crippen LogP contribution is -2.47. The van der Waals surface area contributed by atoms with E-state index in [1.807, 2.05) is 0 Å². The summed E-state index contributed by atoms with van der Waals surface area (Å²) < 4.78 is 26.7. The zero-order chi connectivity index (χ0) is 17.2. The number of carbonyl (C=O) groups excluding carboxylic acids is 3. The van der Waals surface area contributed by atoms with Crippen molar-refractivity contribution in [3.05, 3.63) is 29.8 Å². The lowest BCUT2D eigenvalue weighted by atomic mass is 9.64. The Morgan fingerprint density at radius 2 is 1.74 bits per heavy atom. The van der Waals surface area contributed by atoms with E-state index in [1.165, 1.54) is 0 Å². The van der Waals surface area contributed by atoms with Gasteiger partial charge in [-0.1, -0.05) is 20.8 Å². The highest BCUT2D eigenvalue weighted by Crippen LogP contribution is 2.69. The van der Waals surface area contributed by atoms with Crippen LogP contribution in [0.25, 0.3) is 0 Å². The molecule has 0 saturated heterocycles. The van der Waals surface area contributed by atoms with E-state index in [1.54, 1.807) is 20.8 Å². The average molecular weight is 321 g/mol. The van der Waals surface area contributed by atoms with Gasteiger partial charge in [0.2, 0.25) is 17.5 Å². The number of carbonyl (C=O) groups is 3. The van der Waals surface area contributed by atoms with Crippen LogP contribution in [0.4, 0.5) is 14.5 Å². The first kappa shape index (κ1) is 15.8. The number of hydrogen-bond donors (Lipinski definition) is 1. The Morgan fingerprint density at radius 1 is 1.09 bits per heavy atom. The Balaban J connectivity index is 2.02. The molecule has 2 atom stereocenters. The summed E-state index contributed by atoms with van der Waals surface area (Å²) in [5.41, 5.74) is -3.46. The van der Waals surface area contributed by atoms with Crippen molar-refractivity contribution < 1.29 is 23.2 Å². The van der Waals surface area contributed by atoms with Gasteiger partial charge in [-0.25, -0.2) is 8.78 Å². The van der Waals surface area contributed by atoms with Crippen molar-refractivity contribution in [1.29, 1.82) is 0 Å². The lowest BCUT2D eigenvalue weighted by molar-refractivity contribution is -0.147.